The second-order valence-corrected chi connectivity index (χ2v) is 4.82. The average Bonchev–Trinajstić information content (AvgIpc) is 2.85. The molecule has 84 valence electrons. The topological polar surface area (TPSA) is 57.6 Å². The number of piperidine rings is 1. The highest BCUT2D eigenvalue weighted by molar-refractivity contribution is 5.82. The van der Waals surface area contributed by atoms with Gasteiger partial charge in [0.2, 0.25) is 5.91 Å². The Labute approximate surface area is 89.3 Å². The molecule has 1 N–H and O–H groups in total. The highest BCUT2D eigenvalue weighted by atomic mass is 16.4. The standard InChI is InChI=1S/C11H17NO3/c1-6-5-9(13)12(8-3-4-8)7(2)10(6)11(14)15/h6-8,10H,3-5H2,1-2H3,(H,14,15). The first kappa shape index (κ1) is 10.5. The van der Waals surface area contributed by atoms with Crippen molar-refractivity contribution < 1.29 is 14.7 Å². The van der Waals surface area contributed by atoms with Crippen LogP contribution in [0.5, 0.6) is 0 Å². The zero-order chi connectivity index (χ0) is 11.2. The summed E-state index contributed by atoms with van der Waals surface area (Å²) in [6, 6.07) is 0.174. The van der Waals surface area contributed by atoms with Gasteiger partial charge in [0.1, 0.15) is 0 Å². The Morgan fingerprint density at radius 1 is 1.40 bits per heavy atom. The van der Waals surface area contributed by atoms with Crippen LogP contribution in [-0.2, 0) is 9.59 Å². The lowest BCUT2D eigenvalue weighted by Crippen LogP contribution is -2.53. The summed E-state index contributed by atoms with van der Waals surface area (Å²) in [5.74, 6) is -1.08. The Hall–Kier alpha value is -1.06. The van der Waals surface area contributed by atoms with E-state index in [-0.39, 0.29) is 17.9 Å². The quantitative estimate of drug-likeness (QED) is 0.744. The van der Waals surface area contributed by atoms with Crippen LogP contribution in [0.3, 0.4) is 0 Å². The van der Waals surface area contributed by atoms with E-state index in [9.17, 15) is 9.59 Å². The van der Waals surface area contributed by atoms with Crippen molar-refractivity contribution in [2.75, 3.05) is 0 Å². The van der Waals surface area contributed by atoms with Gasteiger partial charge in [-0.2, -0.15) is 0 Å². The second-order valence-electron chi connectivity index (χ2n) is 4.82. The summed E-state index contributed by atoms with van der Waals surface area (Å²) in [5.41, 5.74) is 0. The fourth-order valence-electron chi connectivity index (χ4n) is 2.72. The summed E-state index contributed by atoms with van der Waals surface area (Å²) < 4.78 is 0. The Morgan fingerprint density at radius 3 is 2.47 bits per heavy atom. The number of carboxylic acids is 1. The first-order valence-electron chi connectivity index (χ1n) is 5.56. The van der Waals surface area contributed by atoms with Crippen molar-refractivity contribution in [3.63, 3.8) is 0 Å². The second kappa shape index (κ2) is 3.51. The number of carbonyl (C=O) groups is 2. The number of nitrogens with zero attached hydrogens (tertiary/aromatic N) is 1. The molecule has 1 amide bonds. The first-order chi connectivity index (χ1) is 7.02. The van der Waals surface area contributed by atoms with E-state index in [0.29, 0.717) is 12.5 Å². The summed E-state index contributed by atoms with van der Waals surface area (Å²) >= 11 is 0. The highest BCUT2D eigenvalue weighted by Crippen LogP contribution is 2.37. The summed E-state index contributed by atoms with van der Waals surface area (Å²) in [6.45, 7) is 3.72. The molecule has 1 saturated carbocycles. The van der Waals surface area contributed by atoms with E-state index in [2.05, 4.69) is 0 Å². The van der Waals surface area contributed by atoms with Crippen LogP contribution in [0, 0.1) is 11.8 Å². The molecule has 0 aromatic rings. The van der Waals surface area contributed by atoms with Crippen molar-refractivity contribution in [3.8, 4) is 0 Å². The number of aliphatic carboxylic acids is 1. The van der Waals surface area contributed by atoms with Gasteiger partial charge < -0.3 is 10.0 Å². The van der Waals surface area contributed by atoms with Gasteiger partial charge in [-0.3, -0.25) is 9.59 Å². The third kappa shape index (κ3) is 1.73. The van der Waals surface area contributed by atoms with Gasteiger partial charge in [-0.25, -0.2) is 0 Å². The predicted octanol–water partition coefficient (Wildman–Crippen LogP) is 1.11. The van der Waals surface area contributed by atoms with E-state index in [0.717, 1.165) is 12.8 Å². The summed E-state index contributed by atoms with van der Waals surface area (Å²) in [7, 11) is 0. The van der Waals surface area contributed by atoms with Gasteiger partial charge in [-0.05, 0) is 25.7 Å². The van der Waals surface area contributed by atoms with E-state index in [1.165, 1.54) is 0 Å². The number of hydrogen-bond acceptors (Lipinski definition) is 2. The molecular weight excluding hydrogens is 194 g/mol. The largest absolute Gasteiger partial charge is 0.481 e. The SMILES string of the molecule is CC1CC(=O)N(C2CC2)C(C)C1C(=O)O. The van der Waals surface area contributed by atoms with Crippen molar-refractivity contribution >= 4 is 11.9 Å². The molecule has 2 fully saturated rings. The predicted molar refractivity (Wildman–Crippen MR) is 54.2 cm³/mol. The van der Waals surface area contributed by atoms with Crippen LogP contribution in [0.25, 0.3) is 0 Å². The van der Waals surface area contributed by atoms with Crippen molar-refractivity contribution in [2.24, 2.45) is 11.8 Å². The lowest BCUT2D eigenvalue weighted by molar-refractivity contribution is -0.155. The Bertz CT molecular complexity index is 296. The molecule has 2 rings (SSSR count). The van der Waals surface area contributed by atoms with Gasteiger partial charge >= 0.3 is 5.97 Å². The number of amides is 1. The molecular formula is C11H17NO3. The normalized spacial score (nSPS) is 36.8. The molecule has 3 atom stereocenters. The molecule has 0 spiro atoms. The molecule has 0 bridgehead atoms. The lowest BCUT2D eigenvalue weighted by Gasteiger charge is -2.41. The fraction of sp³-hybridized carbons (Fsp3) is 0.818. The van der Waals surface area contributed by atoms with Crippen LogP contribution in [0.4, 0.5) is 0 Å². The minimum atomic E-state index is -0.770. The molecule has 1 heterocycles. The van der Waals surface area contributed by atoms with Crippen LogP contribution in [0.2, 0.25) is 0 Å². The van der Waals surface area contributed by atoms with Gasteiger partial charge in [0.25, 0.3) is 0 Å². The third-order valence-corrected chi connectivity index (χ3v) is 3.58. The molecule has 1 aliphatic carbocycles. The Kier molecular flexibility index (Phi) is 2.44. The molecule has 0 aromatic carbocycles. The number of carbonyl (C=O) groups excluding carboxylic acids is 1. The molecule has 4 heteroatoms. The maximum absolute atomic E-state index is 11.8. The van der Waals surface area contributed by atoms with E-state index >= 15 is 0 Å². The van der Waals surface area contributed by atoms with Crippen LogP contribution >= 0.6 is 0 Å². The Morgan fingerprint density at radius 2 is 2.00 bits per heavy atom. The van der Waals surface area contributed by atoms with Crippen molar-refractivity contribution in [2.45, 2.75) is 45.2 Å². The van der Waals surface area contributed by atoms with Crippen LogP contribution in [0.15, 0.2) is 0 Å². The number of likely N-dealkylation sites (tertiary alicyclic amines) is 1. The van der Waals surface area contributed by atoms with E-state index in [1.54, 1.807) is 4.90 Å². The molecule has 1 saturated heterocycles. The number of hydrogen-bond donors (Lipinski definition) is 1. The van der Waals surface area contributed by atoms with Crippen molar-refractivity contribution in [1.82, 2.24) is 4.90 Å². The Balaban J connectivity index is 2.19. The molecule has 0 aromatic heterocycles. The smallest absolute Gasteiger partial charge is 0.308 e. The summed E-state index contributed by atoms with van der Waals surface area (Å²) in [5, 5.41) is 9.15. The number of rotatable bonds is 2. The highest BCUT2D eigenvalue weighted by Gasteiger charge is 2.46. The average molecular weight is 211 g/mol. The monoisotopic (exact) mass is 211 g/mol. The van der Waals surface area contributed by atoms with Crippen LogP contribution in [-0.4, -0.2) is 34.0 Å². The molecule has 3 unspecified atom stereocenters. The van der Waals surface area contributed by atoms with Crippen LogP contribution in [0.1, 0.15) is 33.1 Å². The lowest BCUT2D eigenvalue weighted by atomic mass is 9.81. The van der Waals surface area contributed by atoms with Gasteiger partial charge in [0, 0.05) is 18.5 Å². The minimum Gasteiger partial charge on any atom is -0.481 e. The van der Waals surface area contributed by atoms with Crippen molar-refractivity contribution in [1.29, 1.82) is 0 Å². The zero-order valence-electron chi connectivity index (χ0n) is 9.14. The minimum absolute atomic E-state index is 0.0417. The molecule has 0 radical (unpaired) electrons. The zero-order valence-corrected chi connectivity index (χ0v) is 9.14. The summed E-state index contributed by atoms with van der Waals surface area (Å²) in [4.78, 5) is 24.7. The maximum Gasteiger partial charge on any atom is 0.308 e. The summed E-state index contributed by atoms with van der Waals surface area (Å²) in [6.07, 6.45) is 2.46. The van der Waals surface area contributed by atoms with E-state index < -0.39 is 11.9 Å². The van der Waals surface area contributed by atoms with Gasteiger partial charge in [-0.15, -0.1) is 0 Å². The van der Waals surface area contributed by atoms with Gasteiger partial charge in [0.05, 0.1) is 5.92 Å². The molecule has 2 aliphatic rings. The molecule has 4 nitrogen and oxygen atoms in total. The van der Waals surface area contributed by atoms with Gasteiger partial charge in [0.15, 0.2) is 0 Å². The van der Waals surface area contributed by atoms with Crippen LogP contribution < -0.4 is 0 Å². The van der Waals surface area contributed by atoms with E-state index in [4.69, 9.17) is 5.11 Å². The maximum atomic E-state index is 11.8. The van der Waals surface area contributed by atoms with Crippen molar-refractivity contribution in [3.05, 3.63) is 0 Å². The van der Waals surface area contributed by atoms with E-state index in [1.807, 2.05) is 13.8 Å². The van der Waals surface area contributed by atoms with Gasteiger partial charge in [-0.1, -0.05) is 6.92 Å². The fourth-order valence-corrected chi connectivity index (χ4v) is 2.72. The first-order valence-corrected chi connectivity index (χ1v) is 5.56. The number of carboxylic acid groups (broad SMARTS) is 1. The molecule has 15 heavy (non-hydrogen) atoms. The molecule has 1 aliphatic heterocycles. The third-order valence-electron chi connectivity index (χ3n) is 3.58.